The number of hydrogen-bond donors (Lipinski definition) is 1. The summed E-state index contributed by atoms with van der Waals surface area (Å²) in [6.07, 6.45) is 6.67. The molecule has 8 heteroatoms. The molecule has 0 bridgehead atoms. The maximum Gasteiger partial charge on any atom is 0.673 e. The molecule has 254 valence electrons. The summed E-state index contributed by atoms with van der Waals surface area (Å²) in [6.45, 7) is 19.9. The van der Waals surface area contributed by atoms with Crippen LogP contribution >= 0.6 is 0 Å². The van der Waals surface area contributed by atoms with Crippen molar-refractivity contribution in [2.45, 2.75) is 34.6 Å². The van der Waals surface area contributed by atoms with Crippen LogP contribution < -0.4 is 25.6 Å². The zero-order chi connectivity index (χ0) is 35.1. The van der Waals surface area contributed by atoms with Crippen molar-refractivity contribution in [2.24, 2.45) is 0 Å². The van der Waals surface area contributed by atoms with Crippen LogP contribution in [0.5, 0.6) is 0 Å². The van der Waals surface area contributed by atoms with Gasteiger partial charge in [-0.1, -0.05) is 85.5 Å². The summed E-state index contributed by atoms with van der Waals surface area (Å²) < 4.78 is 39.0. The standard InChI is InChI=1S/C40H47N3.BF4/c1-7-41-36-25-19-33(20-26-36)40(35-23-29-38(30-24-35)43(10-4)11-5)14-12-13-39(32-17-15-31(6)16-18-32)34-21-27-37(28-22-34)42(8-2)9-3;2-1(3,4)5/h12-30,41H,6-11H2,1-5H3;/q;-1/b13-12+,40-14+;. The molecule has 0 unspecified atom stereocenters. The summed E-state index contributed by atoms with van der Waals surface area (Å²) in [4.78, 5) is 4.75. The predicted molar refractivity (Wildman–Crippen MR) is 201 cm³/mol. The minimum atomic E-state index is -6.00. The smallest absolute Gasteiger partial charge is 0.418 e. The lowest BCUT2D eigenvalue weighted by atomic mass is 9.96. The Balaban J connectivity index is 0.00000116. The predicted octanol–water partition coefficient (Wildman–Crippen LogP) is 9.41. The molecule has 0 spiro atoms. The van der Waals surface area contributed by atoms with E-state index in [-0.39, 0.29) is 0 Å². The van der Waals surface area contributed by atoms with E-state index in [0.717, 1.165) is 43.6 Å². The van der Waals surface area contributed by atoms with Crippen LogP contribution in [0.2, 0.25) is 0 Å². The number of nitrogens with zero attached hydrogens (tertiary/aromatic N) is 2. The van der Waals surface area contributed by atoms with Crippen LogP contribution in [0.3, 0.4) is 0 Å². The molecule has 0 aromatic heterocycles. The van der Waals surface area contributed by atoms with E-state index in [2.05, 4.69) is 172 Å². The summed E-state index contributed by atoms with van der Waals surface area (Å²) in [6, 6.07) is 35.1. The minimum Gasteiger partial charge on any atom is -0.418 e. The third-order valence-electron chi connectivity index (χ3n) is 7.98. The number of allylic oxidation sites excluding steroid dienone is 3. The highest BCUT2D eigenvalue weighted by Crippen LogP contribution is 2.28. The largest absolute Gasteiger partial charge is 0.673 e. The van der Waals surface area contributed by atoms with Gasteiger partial charge in [-0.25, -0.2) is 0 Å². The van der Waals surface area contributed by atoms with Crippen LogP contribution in [-0.4, -0.2) is 40.0 Å². The van der Waals surface area contributed by atoms with Crippen molar-refractivity contribution in [3.63, 3.8) is 0 Å². The summed E-state index contributed by atoms with van der Waals surface area (Å²) in [5, 5.41) is 5.60. The van der Waals surface area contributed by atoms with E-state index >= 15 is 0 Å². The summed E-state index contributed by atoms with van der Waals surface area (Å²) in [5.74, 6) is 0. The fourth-order valence-corrected chi connectivity index (χ4v) is 5.50. The van der Waals surface area contributed by atoms with Crippen LogP contribution in [-0.2, 0) is 0 Å². The van der Waals surface area contributed by atoms with Gasteiger partial charge in [0.2, 0.25) is 0 Å². The first-order valence-electron chi connectivity index (χ1n) is 16.6. The molecular weight excluding hydrogens is 609 g/mol. The summed E-state index contributed by atoms with van der Waals surface area (Å²) >= 11 is 0. The Morgan fingerprint density at radius 1 is 0.625 bits per heavy atom. The molecule has 0 heterocycles. The highest BCUT2D eigenvalue weighted by atomic mass is 19.5. The molecular formula is C40H47BF4N3-. The summed E-state index contributed by atoms with van der Waals surface area (Å²) in [7, 11) is -6.00. The fourth-order valence-electron chi connectivity index (χ4n) is 5.50. The fraction of sp³-hybridized carbons (Fsp3) is 0.250. The molecule has 48 heavy (non-hydrogen) atoms. The van der Waals surface area contributed by atoms with Gasteiger partial charge in [0.25, 0.3) is 0 Å². The van der Waals surface area contributed by atoms with Crippen LogP contribution in [0.1, 0.15) is 51.3 Å². The SMILES string of the molecule is C=c1ccc(=C(/C=C/C=C(\c2ccc(NCC)cc2)c2ccc(N(CC)CC)cc2)c2ccc(N(CC)CC)cc2)cc1.F[B-](F)(F)F. The van der Waals surface area contributed by atoms with Gasteiger partial charge in [-0.15, -0.1) is 0 Å². The van der Waals surface area contributed by atoms with Gasteiger partial charge in [-0.05, 0) is 109 Å². The Bertz CT molecular complexity index is 1690. The first-order valence-corrected chi connectivity index (χ1v) is 16.6. The Hall–Kier alpha value is -4.72. The normalized spacial score (nSPS) is 11.6. The topological polar surface area (TPSA) is 18.5 Å². The molecule has 0 saturated carbocycles. The average molecular weight is 657 g/mol. The highest BCUT2D eigenvalue weighted by molar-refractivity contribution is 6.50. The van der Waals surface area contributed by atoms with Crippen LogP contribution in [0.4, 0.5) is 34.3 Å². The van der Waals surface area contributed by atoms with E-state index in [1.54, 1.807) is 0 Å². The second kappa shape index (κ2) is 18.6. The van der Waals surface area contributed by atoms with E-state index in [1.807, 2.05) is 0 Å². The molecule has 0 aliphatic carbocycles. The molecule has 0 atom stereocenters. The van der Waals surface area contributed by atoms with E-state index in [9.17, 15) is 17.3 Å². The number of halogens is 4. The first kappa shape index (κ1) is 37.7. The van der Waals surface area contributed by atoms with Gasteiger partial charge >= 0.3 is 7.25 Å². The van der Waals surface area contributed by atoms with Crippen molar-refractivity contribution < 1.29 is 17.3 Å². The average Bonchev–Trinajstić information content (AvgIpc) is 3.07. The molecule has 0 fully saturated rings. The summed E-state index contributed by atoms with van der Waals surface area (Å²) in [5.41, 5.74) is 9.59. The van der Waals surface area contributed by atoms with Gasteiger partial charge < -0.3 is 32.4 Å². The van der Waals surface area contributed by atoms with Crippen molar-refractivity contribution >= 4 is 42.0 Å². The number of benzene rings is 4. The van der Waals surface area contributed by atoms with Gasteiger partial charge in [0, 0.05) is 49.8 Å². The third-order valence-corrected chi connectivity index (χ3v) is 7.98. The molecule has 1 N–H and O–H groups in total. The Labute approximate surface area is 283 Å². The molecule has 0 amide bonds. The monoisotopic (exact) mass is 656 g/mol. The van der Waals surface area contributed by atoms with Crippen molar-refractivity contribution in [1.29, 1.82) is 0 Å². The molecule has 0 aliphatic rings. The molecule has 0 saturated heterocycles. The molecule has 4 aromatic rings. The van der Waals surface area contributed by atoms with E-state index in [4.69, 9.17) is 0 Å². The first-order chi connectivity index (χ1) is 23.0. The Morgan fingerprint density at radius 2 is 1.04 bits per heavy atom. The number of hydrogen-bond acceptors (Lipinski definition) is 3. The second-order valence-corrected chi connectivity index (χ2v) is 11.1. The molecule has 4 aromatic carbocycles. The van der Waals surface area contributed by atoms with E-state index in [0.29, 0.717) is 0 Å². The Morgan fingerprint density at radius 3 is 1.46 bits per heavy atom. The quantitative estimate of drug-likeness (QED) is 0.0879. The lowest BCUT2D eigenvalue weighted by molar-refractivity contribution is 0.368. The Kier molecular flexibility index (Phi) is 14.6. The van der Waals surface area contributed by atoms with Crippen molar-refractivity contribution in [3.8, 4) is 0 Å². The molecule has 4 rings (SSSR count). The van der Waals surface area contributed by atoms with E-state index < -0.39 is 7.25 Å². The maximum absolute atomic E-state index is 9.75. The third kappa shape index (κ3) is 11.5. The second-order valence-electron chi connectivity index (χ2n) is 11.1. The van der Waals surface area contributed by atoms with Crippen LogP contribution in [0.15, 0.2) is 115 Å². The zero-order valence-electron chi connectivity index (χ0n) is 28.7. The van der Waals surface area contributed by atoms with Crippen LogP contribution in [0, 0.1) is 0 Å². The van der Waals surface area contributed by atoms with Crippen LogP contribution in [0.25, 0.3) is 17.7 Å². The number of anilines is 3. The van der Waals surface area contributed by atoms with E-state index in [1.165, 1.54) is 44.4 Å². The molecule has 0 radical (unpaired) electrons. The maximum atomic E-state index is 9.75. The zero-order valence-corrected chi connectivity index (χ0v) is 28.7. The number of rotatable bonds is 13. The van der Waals surface area contributed by atoms with Gasteiger partial charge in [0.15, 0.2) is 0 Å². The lowest BCUT2D eigenvalue weighted by Gasteiger charge is -2.21. The van der Waals surface area contributed by atoms with Crippen molar-refractivity contribution in [2.75, 3.05) is 47.8 Å². The lowest BCUT2D eigenvalue weighted by Crippen LogP contribution is -2.21. The van der Waals surface area contributed by atoms with Gasteiger partial charge in [-0.3, -0.25) is 0 Å². The van der Waals surface area contributed by atoms with Gasteiger partial charge in [-0.2, -0.15) is 0 Å². The van der Waals surface area contributed by atoms with Gasteiger partial charge in [0.05, 0.1) is 0 Å². The highest BCUT2D eigenvalue weighted by Gasteiger charge is 2.20. The molecule has 3 nitrogen and oxygen atoms in total. The van der Waals surface area contributed by atoms with Gasteiger partial charge in [0.1, 0.15) is 0 Å². The van der Waals surface area contributed by atoms with Crippen molar-refractivity contribution in [1.82, 2.24) is 0 Å². The van der Waals surface area contributed by atoms with Crippen molar-refractivity contribution in [3.05, 3.63) is 142 Å². The molecule has 0 aliphatic heterocycles. The minimum absolute atomic E-state index is 0.904. The number of nitrogens with one attached hydrogen (secondary N) is 1.